The zero-order valence-electron chi connectivity index (χ0n) is 11.5. The van der Waals surface area contributed by atoms with Crippen molar-refractivity contribution in [3.63, 3.8) is 0 Å². The van der Waals surface area contributed by atoms with Gasteiger partial charge in [-0.2, -0.15) is 0 Å². The van der Waals surface area contributed by atoms with Crippen LogP contribution in [-0.4, -0.2) is 41.5 Å². The molecule has 0 saturated carbocycles. The topological polar surface area (TPSA) is 108 Å². The number of carboxylic acid groups (broad SMARTS) is 1. The second-order valence-corrected chi connectivity index (χ2v) is 4.34. The highest BCUT2D eigenvalue weighted by atomic mass is 16.5. The van der Waals surface area contributed by atoms with Gasteiger partial charge >= 0.3 is 12.0 Å². The number of aliphatic hydroxyl groups excluding tert-OH is 1. The average molecular weight is 282 g/mol. The predicted molar refractivity (Wildman–Crippen MR) is 73.0 cm³/mol. The zero-order valence-corrected chi connectivity index (χ0v) is 11.5. The normalized spacial score (nSPS) is 13.2. The lowest BCUT2D eigenvalue weighted by molar-refractivity contribution is -0.141. The average Bonchev–Trinajstić information content (AvgIpc) is 2.35. The minimum absolute atomic E-state index is 0.496. The van der Waals surface area contributed by atoms with Crippen molar-refractivity contribution in [2.75, 3.05) is 12.4 Å². The van der Waals surface area contributed by atoms with Gasteiger partial charge in [0.1, 0.15) is 5.75 Å². The molecule has 0 aliphatic rings. The van der Waals surface area contributed by atoms with Gasteiger partial charge in [-0.05, 0) is 37.6 Å². The summed E-state index contributed by atoms with van der Waals surface area (Å²) < 4.78 is 5.09. The highest BCUT2D eigenvalue weighted by Gasteiger charge is 2.24. The number of methoxy groups -OCH3 is 1. The van der Waals surface area contributed by atoms with Crippen LogP contribution in [0, 0.1) is 6.92 Å². The van der Waals surface area contributed by atoms with Crippen molar-refractivity contribution in [1.82, 2.24) is 5.32 Å². The van der Waals surface area contributed by atoms with Crippen molar-refractivity contribution >= 4 is 17.7 Å². The van der Waals surface area contributed by atoms with E-state index in [1.165, 1.54) is 6.92 Å². The summed E-state index contributed by atoms with van der Waals surface area (Å²) >= 11 is 0. The number of carboxylic acids is 1. The molecule has 1 aromatic rings. The largest absolute Gasteiger partial charge is 0.496 e. The second kappa shape index (κ2) is 6.76. The quantitative estimate of drug-likeness (QED) is 0.643. The summed E-state index contributed by atoms with van der Waals surface area (Å²) in [6.07, 6.45) is -1.20. The third-order valence-corrected chi connectivity index (χ3v) is 2.69. The van der Waals surface area contributed by atoms with E-state index in [-0.39, 0.29) is 0 Å². The SMILES string of the molecule is COc1ccc(NC(=O)NC(C(=O)O)C(C)O)cc1C. The van der Waals surface area contributed by atoms with Crippen LogP contribution in [0.5, 0.6) is 5.75 Å². The number of carbonyl (C=O) groups excluding carboxylic acids is 1. The van der Waals surface area contributed by atoms with E-state index in [4.69, 9.17) is 9.84 Å². The fourth-order valence-electron chi connectivity index (χ4n) is 1.65. The smallest absolute Gasteiger partial charge is 0.328 e. The number of nitrogens with one attached hydrogen (secondary N) is 2. The Morgan fingerprint density at radius 3 is 2.45 bits per heavy atom. The molecule has 0 radical (unpaired) electrons. The Kier molecular flexibility index (Phi) is 5.33. The first-order valence-electron chi connectivity index (χ1n) is 5.98. The molecule has 1 aromatic carbocycles. The van der Waals surface area contributed by atoms with E-state index in [2.05, 4.69) is 10.6 Å². The molecule has 7 heteroatoms. The van der Waals surface area contributed by atoms with Crippen LogP contribution in [0.1, 0.15) is 12.5 Å². The molecule has 0 aromatic heterocycles. The molecular weight excluding hydrogens is 264 g/mol. The lowest BCUT2D eigenvalue weighted by Gasteiger charge is -2.17. The molecule has 20 heavy (non-hydrogen) atoms. The van der Waals surface area contributed by atoms with Gasteiger partial charge in [0.2, 0.25) is 0 Å². The highest BCUT2D eigenvalue weighted by Crippen LogP contribution is 2.21. The summed E-state index contributed by atoms with van der Waals surface area (Å²) in [5.41, 5.74) is 1.33. The summed E-state index contributed by atoms with van der Waals surface area (Å²) in [5.74, 6) is -0.621. The molecule has 2 atom stereocenters. The van der Waals surface area contributed by atoms with E-state index < -0.39 is 24.1 Å². The van der Waals surface area contributed by atoms with Crippen LogP contribution in [-0.2, 0) is 4.79 Å². The standard InChI is InChI=1S/C13H18N2O5/c1-7-6-9(4-5-10(7)20-3)14-13(19)15-11(8(2)16)12(17)18/h4-6,8,11,16H,1-3H3,(H,17,18)(H2,14,15,19). The van der Waals surface area contributed by atoms with E-state index in [1.54, 1.807) is 25.3 Å². The predicted octanol–water partition coefficient (Wildman–Crippen LogP) is 0.959. The van der Waals surface area contributed by atoms with Crippen LogP contribution in [0.4, 0.5) is 10.5 Å². The first-order chi connectivity index (χ1) is 9.35. The van der Waals surface area contributed by atoms with E-state index in [0.717, 1.165) is 5.56 Å². The van der Waals surface area contributed by atoms with Crippen molar-refractivity contribution in [2.24, 2.45) is 0 Å². The molecule has 0 fully saturated rings. The minimum atomic E-state index is -1.37. The molecule has 0 bridgehead atoms. The summed E-state index contributed by atoms with van der Waals surface area (Å²) in [4.78, 5) is 22.5. The molecule has 7 nitrogen and oxygen atoms in total. The van der Waals surface area contributed by atoms with Gasteiger partial charge in [-0.3, -0.25) is 0 Å². The maximum Gasteiger partial charge on any atom is 0.328 e. The Hall–Kier alpha value is -2.28. The molecule has 2 amide bonds. The summed E-state index contributed by atoms with van der Waals surface area (Å²) in [7, 11) is 1.54. The molecule has 1 rings (SSSR count). The third-order valence-electron chi connectivity index (χ3n) is 2.69. The number of hydrogen-bond acceptors (Lipinski definition) is 4. The molecule has 2 unspecified atom stereocenters. The molecule has 110 valence electrons. The Balaban J connectivity index is 2.71. The number of amides is 2. The van der Waals surface area contributed by atoms with Crippen molar-refractivity contribution < 1.29 is 24.5 Å². The van der Waals surface area contributed by atoms with Crippen LogP contribution >= 0.6 is 0 Å². The van der Waals surface area contributed by atoms with E-state index in [1.807, 2.05) is 6.92 Å². The molecular formula is C13H18N2O5. The maximum atomic E-state index is 11.7. The van der Waals surface area contributed by atoms with Gasteiger partial charge in [0, 0.05) is 5.69 Å². The summed E-state index contributed by atoms with van der Waals surface area (Å²) in [5, 5.41) is 22.8. The van der Waals surface area contributed by atoms with Crippen molar-refractivity contribution in [3.05, 3.63) is 23.8 Å². The first-order valence-corrected chi connectivity index (χ1v) is 5.98. The molecule has 0 aliphatic heterocycles. The molecule has 4 N–H and O–H groups in total. The Morgan fingerprint density at radius 1 is 1.35 bits per heavy atom. The zero-order chi connectivity index (χ0) is 15.3. The summed E-state index contributed by atoms with van der Waals surface area (Å²) in [6, 6.07) is 2.94. The highest BCUT2D eigenvalue weighted by molar-refractivity contribution is 5.92. The number of carbonyl (C=O) groups is 2. The molecule has 0 spiro atoms. The van der Waals surface area contributed by atoms with Gasteiger partial charge in [-0.1, -0.05) is 0 Å². The summed E-state index contributed by atoms with van der Waals surface area (Å²) in [6.45, 7) is 3.11. The fraction of sp³-hybridized carbons (Fsp3) is 0.385. The van der Waals surface area contributed by atoms with Crippen LogP contribution in [0.25, 0.3) is 0 Å². The number of ether oxygens (including phenoxy) is 1. The van der Waals surface area contributed by atoms with Crippen LogP contribution in [0.2, 0.25) is 0 Å². The van der Waals surface area contributed by atoms with Gasteiger partial charge in [-0.25, -0.2) is 9.59 Å². The van der Waals surface area contributed by atoms with Crippen LogP contribution in [0.3, 0.4) is 0 Å². The molecule has 0 saturated heterocycles. The maximum absolute atomic E-state index is 11.7. The van der Waals surface area contributed by atoms with Gasteiger partial charge in [-0.15, -0.1) is 0 Å². The van der Waals surface area contributed by atoms with Crippen LogP contribution < -0.4 is 15.4 Å². The lowest BCUT2D eigenvalue weighted by atomic mass is 10.2. The first kappa shape index (κ1) is 15.8. The Morgan fingerprint density at radius 2 is 2.00 bits per heavy atom. The Bertz CT molecular complexity index is 502. The number of aliphatic carboxylic acids is 1. The van der Waals surface area contributed by atoms with Crippen LogP contribution in [0.15, 0.2) is 18.2 Å². The Labute approximate surface area is 116 Å². The van der Waals surface area contributed by atoms with Crippen molar-refractivity contribution in [3.8, 4) is 5.75 Å². The van der Waals surface area contributed by atoms with Gasteiger partial charge < -0.3 is 25.6 Å². The van der Waals surface area contributed by atoms with E-state index in [0.29, 0.717) is 11.4 Å². The number of urea groups is 1. The lowest BCUT2D eigenvalue weighted by Crippen LogP contribution is -2.49. The number of benzene rings is 1. The monoisotopic (exact) mass is 282 g/mol. The van der Waals surface area contributed by atoms with Gasteiger partial charge in [0.05, 0.1) is 13.2 Å². The fourth-order valence-corrected chi connectivity index (χ4v) is 1.65. The molecule has 0 aliphatic carbocycles. The van der Waals surface area contributed by atoms with Gasteiger partial charge in [0.15, 0.2) is 6.04 Å². The number of anilines is 1. The van der Waals surface area contributed by atoms with E-state index >= 15 is 0 Å². The molecule has 0 heterocycles. The number of aliphatic hydroxyl groups is 1. The van der Waals surface area contributed by atoms with Crippen molar-refractivity contribution in [1.29, 1.82) is 0 Å². The second-order valence-electron chi connectivity index (χ2n) is 4.34. The number of aryl methyl sites for hydroxylation is 1. The van der Waals surface area contributed by atoms with Gasteiger partial charge in [0.25, 0.3) is 0 Å². The number of hydrogen-bond donors (Lipinski definition) is 4. The third kappa shape index (κ3) is 4.13. The van der Waals surface area contributed by atoms with E-state index in [9.17, 15) is 14.7 Å². The minimum Gasteiger partial charge on any atom is -0.496 e. The van der Waals surface area contributed by atoms with Crippen molar-refractivity contribution in [2.45, 2.75) is 26.0 Å². The number of rotatable bonds is 5.